The Morgan fingerprint density at radius 2 is 2.17 bits per heavy atom. The van der Waals surface area contributed by atoms with E-state index < -0.39 is 0 Å². The molecule has 18 heavy (non-hydrogen) atoms. The number of aryl methyl sites for hydroxylation is 1. The van der Waals surface area contributed by atoms with Crippen molar-refractivity contribution in [3.8, 4) is 0 Å². The Hall–Kier alpha value is -0.390. The maximum Gasteiger partial charge on any atom is 0.261 e. The van der Waals surface area contributed by atoms with Crippen LogP contribution in [0.5, 0.6) is 0 Å². The van der Waals surface area contributed by atoms with Gasteiger partial charge in [0.25, 0.3) is 5.91 Å². The second-order valence-corrected chi connectivity index (χ2v) is 7.32. The summed E-state index contributed by atoms with van der Waals surface area (Å²) in [6.45, 7) is 2.71. The SMILES string of the molecule is Cc1cc(C(=O)NCC2CCC(O)CC2)sc1Br. The molecule has 1 aliphatic rings. The molecule has 1 saturated carbocycles. The maximum absolute atomic E-state index is 11.9. The number of hydrogen-bond acceptors (Lipinski definition) is 3. The minimum Gasteiger partial charge on any atom is -0.393 e. The molecule has 1 heterocycles. The van der Waals surface area contributed by atoms with E-state index in [0.29, 0.717) is 5.92 Å². The standard InChI is InChI=1S/C13H18BrNO2S/c1-8-6-11(18-12(8)14)13(17)15-7-9-2-4-10(16)5-3-9/h6,9-10,16H,2-5,7H2,1H3,(H,15,17). The van der Waals surface area contributed by atoms with Crippen molar-refractivity contribution in [2.24, 2.45) is 5.92 Å². The van der Waals surface area contributed by atoms with Crippen molar-refractivity contribution < 1.29 is 9.90 Å². The van der Waals surface area contributed by atoms with Gasteiger partial charge in [-0.05, 0) is 66.1 Å². The lowest BCUT2D eigenvalue weighted by Crippen LogP contribution is -2.31. The van der Waals surface area contributed by atoms with Gasteiger partial charge in [0.2, 0.25) is 0 Å². The van der Waals surface area contributed by atoms with Crippen LogP contribution in [0.3, 0.4) is 0 Å². The number of rotatable bonds is 3. The van der Waals surface area contributed by atoms with Gasteiger partial charge >= 0.3 is 0 Å². The molecule has 1 amide bonds. The number of nitrogens with one attached hydrogen (secondary N) is 1. The van der Waals surface area contributed by atoms with Gasteiger partial charge in [-0.2, -0.15) is 0 Å². The molecule has 100 valence electrons. The van der Waals surface area contributed by atoms with Crippen LogP contribution in [0.4, 0.5) is 0 Å². The van der Waals surface area contributed by atoms with Gasteiger partial charge in [-0.3, -0.25) is 4.79 Å². The molecular formula is C13H18BrNO2S. The molecule has 0 aliphatic heterocycles. The highest BCUT2D eigenvalue weighted by Crippen LogP contribution is 2.27. The molecule has 0 unspecified atom stereocenters. The van der Waals surface area contributed by atoms with Gasteiger partial charge in [-0.1, -0.05) is 0 Å². The van der Waals surface area contributed by atoms with Crippen LogP contribution in [0.2, 0.25) is 0 Å². The molecule has 0 saturated heterocycles. The number of carbonyl (C=O) groups excluding carboxylic acids is 1. The molecule has 1 aromatic heterocycles. The van der Waals surface area contributed by atoms with Crippen LogP contribution in [0.1, 0.15) is 40.9 Å². The zero-order valence-corrected chi connectivity index (χ0v) is 12.8. The summed E-state index contributed by atoms with van der Waals surface area (Å²) in [5.41, 5.74) is 1.10. The number of halogens is 1. The van der Waals surface area contributed by atoms with Gasteiger partial charge in [0, 0.05) is 6.54 Å². The molecule has 2 N–H and O–H groups in total. The van der Waals surface area contributed by atoms with Crippen LogP contribution in [0.25, 0.3) is 0 Å². The fraction of sp³-hybridized carbons (Fsp3) is 0.615. The molecule has 1 fully saturated rings. The summed E-state index contributed by atoms with van der Waals surface area (Å²) >= 11 is 4.90. The Kier molecular flexibility index (Phi) is 4.81. The Morgan fingerprint density at radius 3 is 2.72 bits per heavy atom. The molecule has 0 radical (unpaired) electrons. The van der Waals surface area contributed by atoms with Crippen LogP contribution in [-0.4, -0.2) is 23.7 Å². The van der Waals surface area contributed by atoms with Crippen molar-refractivity contribution in [3.05, 3.63) is 20.3 Å². The Bertz CT molecular complexity index is 405. The molecule has 3 nitrogen and oxygen atoms in total. The molecule has 0 atom stereocenters. The van der Waals surface area contributed by atoms with E-state index in [2.05, 4.69) is 21.2 Å². The van der Waals surface area contributed by atoms with Gasteiger partial charge in [0.05, 0.1) is 14.8 Å². The first-order valence-corrected chi connectivity index (χ1v) is 7.89. The van der Waals surface area contributed by atoms with Crippen molar-refractivity contribution in [2.45, 2.75) is 38.7 Å². The van der Waals surface area contributed by atoms with E-state index in [1.165, 1.54) is 11.3 Å². The van der Waals surface area contributed by atoms with E-state index in [1.807, 2.05) is 13.0 Å². The summed E-state index contributed by atoms with van der Waals surface area (Å²) in [5, 5.41) is 12.4. The van der Waals surface area contributed by atoms with E-state index in [-0.39, 0.29) is 12.0 Å². The third kappa shape index (κ3) is 3.56. The van der Waals surface area contributed by atoms with E-state index in [4.69, 9.17) is 0 Å². The van der Waals surface area contributed by atoms with E-state index >= 15 is 0 Å². The lowest BCUT2D eigenvalue weighted by atomic mass is 9.87. The number of amides is 1. The smallest absolute Gasteiger partial charge is 0.261 e. The van der Waals surface area contributed by atoms with Crippen molar-refractivity contribution in [1.82, 2.24) is 5.32 Å². The van der Waals surface area contributed by atoms with Crippen LogP contribution < -0.4 is 5.32 Å². The summed E-state index contributed by atoms with van der Waals surface area (Å²) in [5.74, 6) is 0.529. The lowest BCUT2D eigenvalue weighted by Gasteiger charge is -2.25. The highest BCUT2D eigenvalue weighted by atomic mass is 79.9. The summed E-state index contributed by atoms with van der Waals surface area (Å²) < 4.78 is 1.02. The quantitative estimate of drug-likeness (QED) is 0.894. The minimum atomic E-state index is -0.132. The average molecular weight is 332 g/mol. The van der Waals surface area contributed by atoms with Crippen molar-refractivity contribution in [2.75, 3.05) is 6.54 Å². The van der Waals surface area contributed by atoms with Crippen LogP contribution in [0, 0.1) is 12.8 Å². The first-order valence-electron chi connectivity index (χ1n) is 6.28. The molecule has 0 aromatic carbocycles. The van der Waals surface area contributed by atoms with Crippen LogP contribution >= 0.6 is 27.3 Å². The number of aliphatic hydroxyl groups excluding tert-OH is 1. The van der Waals surface area contributed by atoms with Gasteiger partial charge < -0.3 is 10.4 Å². The predicted molar refractivity (Wildman–Crippen MR) is 77.1 cm³/mol. The average Bonchev–Trinajstić information content (AvgIpc) is 2.69. The summed E-state index contributed by atoms with van der Waals surface area (Å²) in [7, 11) is 0. The Balaban J connectivity index is 1.81. The molecule has 0 spiro atoms. The first kappa shape index (κ1) is 14.0. The predicted octanol–water partition coefficient (Wildman–Crippen LogP) is 3.10. The Morgan fingerprint density at radius 1 is 1.50 bits per heavy atom. The van der Waals surface area contributed by atoms with Gasteiger partial charge in [-0.15, -0.1) is 11.3 Å². The molecule has 5 heteroatoms. The van der Waals surface area contributed by atoms with E-state index in [9.17, 15) is 9.90 Å². The molecular weight excluding hydrogens is 314 g/mol. The maximum atomic E-state index is 11.9. The summed E-state index contributed by atoms with van der Waals surface area (Å²) in [4.78, 5) is 12.7. The van der Waals surface area contributed by atoms with Gasteiger partial charge in [0.1, 0.15) is 0 Å². The zero-order valence-electron chi connectivity index (χ0n) is 10.4. The first-order chi connectivity index (χ1) is 8.56. The van der Waals surface area contributed by atoms with Crippen molar-refractivity contribution in [3.63, 3.8) is 0 Å². The third-order valence-corrected chi connectivity index (χ3v) is 5.58. The van der Waals surface area contributed by atoms with E-state index in [1.54, 1.807) is 0 Å². The molecule has 2 rings (SSSR count). The van der Waals surface area contributed by atoms with Crippen LogP contribution in [-0.2, 0) is 0 Å². The minimum absolute atomic E-state index is 0.0138. The fourth-order valence-corrected chi connectivity index (χ4v) is 3.70. The number of aliphatic hydroxyl groups is 1. The van der Waals surface area contributed by atoms with Crippen LogP contribution in [0.15, 0.2) is 9.85 Å². The number of carbonyl (C=O) groups is 1. The molecule has 1 aromatic rings. The number of thiophene rings is 1. The highest BCUT2D eigenvalue weighted by Gasteiger charge is 2.20. The fourth-order valence-electron chi connectivity index (χ4n) is 2.24. The van der Waals surface area contributed by atoms with E-state index in [0.717, 1.165) is 46.5 Å². The second kappa shape index (κ2) is 6.17. The summed E-state index contributed by atoms with van der Waals surface area (Å²) in [6, 6.07) is 1.91. The zero-order chi connectivity index (χ0) is 13.1. The third-order valence-electron chi connectivity index (χ3n) is 3.45. The lowest BCUT2D eigenvalue weighted by molar-refractivity contribution is 0.0913. The van der Waals surface area contributed by atoms with Gasteiger partial charge in [-0.25, -0.2) is 0 Å². The van der Waals surface area contributed by atoms with Crippen molar-refractivity contribution in [1.29, 1.82) is 0 Å². The normalized spacial score (nSPS) is 23.9. The number of hydrogen-bond donors (Lipinski definition) is 2. The molecule has 0 bridgehead atoms. The monoisotopic (exact) mass is 331 g/mol. The highest BCUT2D eigenvalue weighted by molar-refractivity contribution is 9.11. The molecule has 1 aliphatic carbocycles. The van der Waals surface area contributed by atoms with Crippen molar-refractivity contribution >= 4 is 33.2 Å². The summed E-state index contributed by atoms with van der Waals surface area (Å²) in [6.07, 6.45) is 3.62. The Labute approximate surface area is 120 Å². The topological polar surface area (TPSA) is 49.3 Å². The largest absolute Gasteiger partial charge is 0.393 e. The second-order valence-electron chi connectivity index (χ2n) is 4.95. The van der Waals surface area contributed by atoms with Gasteiger partial charge in [0.15, 0.2) is 0 Å².